The predicted molar refractivity (Wildman–Crippen MR) is 116 cm³/mol. The Morgan fingerprint density at radius 3 is 2.69 bits per heavy atom. The van der Waals surface area contributed by atoms with Crippen molar-refractivity contribution in [3.8, 4) is 17.1 Å². The molecule has 1 atom stereocenters. The molecule has 1 aromatic carbocycles. The summed E-state index contributed by atoms with van der Waals surface area (Å²) in [6, 6.07) is 5.95. The summed E-state index contributed by atoms with van der Waals surface area (Å²) in [5.41, 5.74) is 5.48. The maximum Gasteiger partial charge on any atom is 0.227 e. The van der Waals surface area contributed by atoms with E-state index < -0.39 is 0 Å². The third-order valence-electron chi connectivity index (χ3n) is 5.63. The summed E-state index contributed by atoms with van der Waals surface area (Å²) in [5, 5.41) is 3.35. The standard InChI is InChI=1S/C23H29N5O/c1-14-12-24-21(26-14)17-10-9-16(11-19(17)29-5)27-22-25-13-15-7-6-8-18(20(15)28-22)23(2,3)4/h9-13,18H,6-8H2,1-5H3,(H,24,26)(H,25,27,28). The first-order valence-corrected chi connectivity index (χ1v) is 10.2. The van der Waals surface area contributed by atoms with Crippen LogP contribution in [-0.4, -0.2) is 27.0 Å². The van der Waals surface area contributed by atoms with E-state index >= 15 is 0 Å². The van der Waals surface area contributed by atoms with E-state index in [-0.39, 0.29) is 5.41 Å². The van der Waals surface area contributed by atoms with E-state index in [0.717, 1.165) is 34.9 Å². The van der Waals surface area contributed by atoms with Crippen LogP contribution in [0.5, 0.6) is 5.75 Å². The van der Waals surface area contributed by atoms with Crippen molar-refractivity contribution in [1.29, 1.82) is 0 Å². The number of methoxy groups -OCH3 is 1. The highest BCUT2D eigenvalue weighted by Gasteiger charge is 2.32. The topological polar surface area (TPSA) is 75.7 Å². The van der Waals surface area contributed by atoms with Crippen LogP contribution in [0.2, 0.25) is 0 Å². The molecule has 1 aliphatic carbocycles. The highest BCUT2D eigenvalue weighted by atomic mass is 16.5. The Hall–Kier alpha value is -2.89. The molecule has 0 radical (unpaired) electrons. The molecule has 0 spiro atoms. The minimum atomic E-state index is 0.187. The van der Waals surface area contributed by atoms with Gasteiger partial charge in [-0.15, -0.1) is 0 Å². The highest BCUT2D eigenvalue weighted by Crippen LogP contribution is 2.42. The number of aromatic nitrogens is 4. The summed E-state index contributed by atoms with van der Waals surface area (Å²) in [6.07, 6.45) is 7.24. The number of H-pyrrole nitrogens is 1. The van der Waals surface area contributed by atoms with Gasteiger partial charge in [0.2, 0.25) is 5.95 Å². The summed E-state index contributed by atoms with van der Waals surface area (Å²) >= 11 is 0. The zero-order valence-electron chi connectivity index (χ0n) is 17.8. The molecule has 2 N–H and O–H groups in total. The van der Waals surface area contributed by atoms with Crippen molar-refractivity contribution in [2.75, 3.05) is 12.4 Å². The third kappa shape index (κ3) is 3.97. The van der Waals surface area contributed by atoms with Gasteiger partial charge < -0.3 is 15.0 Å². The average Bonchev–Trinajstić information content (AvgIpc) is 3.12. The lowest BCUT2D eigenvalue weighted by molar-refractivity contribution is 0.283. The quantitative estimate of drug-likeness (QED) is 0.623. The summed E-state index contributed by atoms with van der Waals surface area (Å²) < 4.78 is 5.60. The fraction of sp³-hybridized carbons (Fsp3) is 0.435. The van der Waals surface area contributed by atoms with Gasteiger partial charge >= 0.3 is 0 Å². The zero-order chi connectivity index (χ0) is 20.6. The fourth-order valence-corrected chi connectivity index (χ4v) is 4.09. The number of anilines is 2. The van der Waals surface area contributed by atoms with Crippen molar-refractivity contribution in [3.63, 3.8) is 0 Å². The zero-order valence-corrected chi connectivity index (χ0v) is 17.8. The van der Waals surface area contributed by atoms with Crippen molar-refractivity contribution in [1.82, 2.24) is 19.9 Å². The number of ether oxygens (including phenoxy) is 1. The van der Waals surface area contributed by atoms with Gasteiger partial charge in [0, 0.05) is 35.8 Å². The van der Waals surface area contributed by atoms with Gasteiger partial charge in [0.05, 0.1) is 18.4 Å². The number of hydrogen-bond donors (Lipinski definition) is 2. The van der Waals surface area contributed by atoms with Crippen LogP contribution in [-0.2, 0) is 6.42 Å². The molecule has 3 aromatic rings. The molecule has 2 aromatic heterocycles. The van der Waals surface area contributed by atoms with Crippen LogP contribution in [0.15, 0.2) is 30.6 Å². The number of imidazole rings is 1. The van der Waals surface area contributed by atoms with E-state index in [1.54, 1.807) is 7.11 Å². The summed E-state index contributed by atoms with van der Waals surface area (Å²) in [6.45, 7) is 8.86. The number of hydrogen-bond acceptors (Lipinski definition) is 5. The molecule has 0 fully saturated rings. The van der Waals surface area contributed by atoms with Gasteiger partial charge in [-0.1, -0.05) is 20.8 Å². The number of aromatic amines is 1. The average molecular weight is 392 g/mol. The van der Waals surface area contributed by atoms with Crippen LogP contribution in [0.1, 0.15) is 56.5 Å². The normalized spacial score (nSPS) is 16.4. The molecule has 0 saturated heterocycles. The Labute approximate surface area is 172 Å². The number of nitrogens with one attached hydrogen (secondary N) is 2. The van der Waals surface area contributed by atoms with Gasteiger partial charge in [0.25, 0.3) is 0 Å². The predicted octanol–water partition coefficient (Wildman–Crippen LogP) is 5.39. The second-order valence-electron chi connectivity index (χ2n) is 8.87. The lowest BCUT2D eigenvalue weighted by Crippen LogP contribution is -2.24. The van der Waals surface area contributed by atoms with Crippen molar-refractivity contribution < 1.29 is 4.74 Å². The first kappa shape index (κ1) is 19.4. The highest BCUT2D eigenvalue weighted by molar-refractivity contribution is 5.70. The van der Waals surface area contributed by atoms with E-state index in [1.807, 2.05) is 37.5 Å². The largest absolute Gasteiger partial charge is 0.496 e. The van der Waals surface area contributed by atoms with Crippen LogP contribution in [0.25, 0.3) is 11.4 Å². The minimum absolute atomic E-state index is 0.187. The van der Waals surface area contributed by atoms with Crippen LogP contribution in [0.4, 0.5) is 11.6 Å². The van der Waals surface area contributed by atoms with Gasteiger partial charge in [-0.3, -0.25) is 0 Å². The first-order chi connectivity index (χ1) is 13.8. The van der Waals surface area contributed by atoms with E-state index in [0.29, 0.717) is 11.9 Å². The molecule has 1 aliphatic rings. The van der Waals surface area contributed by atoms with Gasteiger partial charge in [0.15, 0.2) is 0 Å². The second-order valence-corrected chi connectivity index (χ2v) is 8.87. The molecule has 0 bridgehead atoms. The van der Waals surface area contributed by atoms with Gasteiger partial charge in [-0.05, 0) is 49.3 Å². The maximum atomic E-state index is 5.60. The smallest absolute Gasteiger partial charge is 0.227 e. The van der Waals surface area contributed by atoms with Crippen molar-refractivity contribution in [2.24, 2.45) is 5.41 Å². The molecular weight excluding hydrogens is 362 g/mol. The van der Waals surface area contributed by atoms with E-state index in [2.05, 4.69) is 41.0 Å². The summed E-state index contributed by atoms with van der Waals surface area (Å²) in [4.78, 5) is 17.1. The Bertz CT molecular complexity index is 1020. The fourth-order valence-electron chi connectivity index (χ4n) is 4.09. The number of aryl methyl sites for hydroxylation is 2. The van der Waals surface area contributed by atoms with E-state index in [4.69, 9.17) is 9.72 Å². The Morgan fingerprint density at radius 2 is 2.00 bits per heavy atom. The first-order valence-electron chi connectivity index (χ1n) is 10.2. The number of fused-ring (bicyclic) bond motifs is 1. The third-order valence-corrected chi connectivity index (χ3v) is 5.63. The Balaban J connectivity index is 1.63. The summed E-state index contributed by atoms with van der Waals surface area (Å²) in [7, 11) is 1.67. The van der Waals surface area contributed by atoms with Crippen molar-refractivity contribution in [2.45, 2.75) is 52.9 Å². The Kier molecular flexibility index (Phi) is 5.03. The van der Waals surface area contributed by atoms with Crippen molar-refractivity contribution >= 4 is 11.6 Å². The van der Waals surface area contributed by atoms with Gasteiger partial charge in [-0.2, -0.15) is 0 Å². The summed E-state index contributed by atoms with van der Waals surface area (Å²) in [5.74, 6) is 2.62. The van der Waals surface area contributed by atoms with Crippen LogP contribution >= 0.6 is 0 Å². The molecule has 0 saturated carbocycles. The minimum Gasteiger partial charge on any atom is -0.496 e. The molecule has 4 rings (SSSR count). The van der Waals surface area contributed by atoms with Gasteiger partial charge in [-0.25, -0.2) is 15.0 Å². The Morgan fingerprint density at radius 1 is 1.17 bits per heavy atom. The van der Waals surface area contributed by atoms with E-state index in [9.17, 15) is 0 Å². The van der Waals surface area contributed by atoms with E-state index in [1.165, 1.54) is 24.1 Å². The van der Waals surface area contributed by atoms with Crippen LogP contribution < -0.4 is 10.1 Å². The second kappa shape index (κ2) is 7.50. The van der Waals surface area contributed by atoms with Gasteiger partial charge in [0.1, 0.15) is 11.6 Å². The lowest BCUT2D eigenvalue weighted by Gasteiger charge is -2.34. The monoisotopic (exact) mass is 391 g/mol. The lowest BCUT2D eigenvalue weighted by atomic mass is 9.72. The molecule has 0 aliphatic heterocycles. The molecule has 6 nitrogen and oxygen atoms in total. The molecule has 6 heteroatoms. The molecule has 2 heterocycles. The number of rotatable bonds is 4. The maximum absolute atomic E-state index is 5.60. The van der Waals surface area contributed by atoms with Crippen molar-refractivity contribution in [3.05, 3.63) is 47.5 Å². The molecule has 152 valence electrons. The molecule has 29 heavy (non-hydrogen) atoms. The number of benzene rings is 1. The van der Waals surface area contributed by atoms with Crippen LogP contribution in [0, 0.1) is 12.3 Å². The molecule has 1 unspecified atom stereocenters. The van der Waals surface area contributed by atoms with Crippen LogP contribution in [0.3, 0.4) is 0 Å². The molecule has 0 amide bonds. The SMILES string of the molecule is COc1cc(Nc2ncc3c(n2)C(C(C)(C)C)CCC3)ccc1-c1ncc(C)[nH]1. The molecular formula is C23H29N5O. The number of nitrogens with zero attached hydrogens (tertiary/aromatic N) is 3.